The Morgan fingerprint density at radius 1 is 0.407 bits per heavy atom. The summed E-state index contributed by atoms with van der Waals surface area (Å²) in [5, 5.41) is 10.1. The number of rotatable bonds is 22. The van der Waals surface area contributed by atoms with Crippen LogP contribution in [0.25, 0.3) is 76.9 Å². The Labute approximate surface area is 330 Å². The highest BCUT2D eigenvalue weighted by molar-refractivity contribution is 7.19. The SMILES string of the molecule is C=c1c2ccc3c(=C)n4c5cc(CCCCCCCCCCCC)sc5cc4c4ccc(c2c34)c2cc3sc(CCCCCCCCCCCC)cc3n12. The maximum atomic E-state index is 4.74. The van der Waals surface area contributed by atoms with Crippen LogP contribution in [0.1, 0.15) is 152 Å². The van der Waals surface area contributed by atoms with Gasteiger partial charge in [0.1, 0.15) is 0 Å². The third kappa shape index (κ3) is 7.35. The van der Waals surface area contributed by atoms with Crippen LogP contribution in [-0.4, -0.2) is 8.80 Å². The lowest BCUT2D eigenvalue weighted by Gasteiger charge is -2.15. The fourth-order valence-corrected chi connectivity index (χ4v) is 11.8. The van der Waals surface area contributed by atoms with Crippen LogP contribution in [0, 0.1) is 0 Å². The standard InChI is InChI=1S/C50H62N2S2/c1-5-7-9-11-13-15-17-19-21-23-25-37-31-45-47(53-37)33-43-41-29-30-42-44-34-48-46(32-38(54-48)26-24-22-20-18-16-14-12-10-8-6-2)52(44)36(4)40-28-27-39(35(3)51(43)45)49(41)50(40)42/h27-34H,3-26H2,1-2H3. The summed E-state index contributed by atoms with van der Waals surface area (Å²) in [6.45, 7) is 14.1. The maximum absolute atomic E-state index is 4.74. The van der Waals surface area contributed by atoms with Crippen molar-refractivity contribution in [1.82, 2.24) is 8.80 Å². The molecule has 0 radical (unpaired) electrons. The first-order valence-electron chi connectivity index (χ1n) is 21.9. The van der Waals surface area contributed by atoms with Gasteiger partial charge in [-0.15, -0.1) is 22.7 Å². The van der Waals surface area contributed by atoms with E-state index in [1.54, 1.807) is 0 Å². The lowest BCUT2D eigenvalue weighted by molar-refractivity contribution is 0.557. The summed E-state index contributed by atoms with van der Waals surface area (Å²) < 4.78 is 7.66. The lowest BCUT2D eigenvalue weighted by atomic mass is 9.94. The number of hydrogen-bond donors (Lipinski definition) is 0. The van der Waals surface area contributed by atoms with Crippen LogP contribution in [0.2, 0.25) is 0 Å². The molecule has 0 saturated heterocycles. The van der Waals surface area contributed by atoms with Crippen molar-refractivity contribution in [3.8, 4) is 0 Å². The molecule has 0 unspecified atom stereocenters. The van der Waals surface area contributed by atoms with Crippen molar-refractivity contribution in [1.29, 1.82) is 0 Å². The summed E-state index contributed by atoms with van der Waals surface area (Å²) in [7, 11) is 0. The zero-order chi connectivity index (χ0) is 37.0. The van der Waals surface area contributed by atoms with Gasteiger partial charge in [0, 0.05) is 52.8 Å². The van der Waals surface area contributed by atoms with Crippen molar-refractivity contribution < 1.29 is 0 Å². The van der Waals surface area contributed by atoms with Gasteiger partial charge in [0.25, 0.3) is 0 Å². The minimum absolute atomic E-state index is 1.10. The molecule has 0 atom stereocenters. The van der Waals surface area contributed by atoms with Crippen LogP contribution in [-0.2, 0) is 12.8 Å². The van der Waals surface area contributed by atoms with Gasteiger partial charge in [-0.3, -0.25) is 0 Å². The Balaban J connectivity index is 1.000. The summed E-state index contributed by atoms with van der Waals surface area (Å²) in [4.78, 5) is 3.03. The normalized spacial score (nSPS) is 12.6. The molecule has 0 aliphatic rings. The van der Waals surface area contributed by atoms with Crippen LogP contribution in [0.4, 0.5) is 0 Å². The number of fused-ring (bicyclic) bond motifs is 8. The fraction of sp³-hybridized carbons (Fsp3) is 0.480. The maximum Gasteiger partial charge on any atom is 0.0645 e. The number of aromatic nitrogens is 2. The van der Waals surface area contributed by atoms with Gasteiger partial charge in [-0.2, -0.15) is 0 Å². The summed E-state index contributed by atoms with van der Waals surface area (Å²) in [5.74, 6) is 0. The molecule has 0 amide bonds. The van der Waals surface area contributed by atoms with Gasteiger partial charge >= 0.3 is 0 Å². The molecule has 8 aromatic rings. The molecule has 8 rings (SSSR count). The van der Waals surface area contributed by atoms with E-state index in [4.69, 9.17) is 13.2 Å². The van der Waals surface area contributed by atoms with Gasteiger partial charge in [0.15, 0.2) is 0 Å². The second kappa shape index (κ2) is 17.2. The predicted molar refractivity (Wildman–Crippen MR) is 244 cm³/mol. The summed E-state index contributed by atoms with van der Waals surface area (Å²) in [6, 6.07) is 19.2. The molecule has 284 valence electrons. The van der Waals surface area contributed by atoms with Crippen molar-refractivity contribution in [3.05, 3.63) is 69.0 Å². The van der Waals surface area contributed by atoms with E-state index in [1.807, 2.05) is 22.7 Å². The lowest BCUT2D eigenvalue weighted by Crippen LogP contribution is -2.16. The minimum Gasteiger partial charge on any atom is -0.308 e. The average Bonchev–Trinajstić information content (AvgIpc) is 3.94. The van der Waals surface area contributed by atoms with Crippen molar-refractivity contribution in [2.24, 2.45) is 0 Å². The molecule has 2 aromatic carbocycles. The van der Waals surface area contributed by atoms with Crippen LogP contribution in [0.3, 0.4) is 0 Å². The molecule has 6 aromatic heterocycles. The third-order valence-electron chi connectivity index (χ3n) is 12.5. The highest BCUT2D eigenvalue weighted by Crippen LogP contribution is 2.40. The monoisotopic (exact) mass is 754 g/mol. The molecule has 6 heterocycles. The highest BCUT2D eigenvalue weighted by atomic mass is 32.1. The van der Waals surface area contributed by atoms with Gasteiger partial charge in [-0.1, -0.05) is 167 Å². The number of aryl methyl sites for hydroxylation is 2. The quantitative estimate of drug-likeness (QED) is 0.0481. The molecule has 0 aliphatic heterocycles. The number of nitrogens with zero attached hydrogens (tertiary/aromatic N) is 2. The fourth-order valence-electron chi connectivity index (χ4n) is 9.53. The van der Waals surface area contributed by atoms with E-state index in [2.05, 4.69) is 71.2 Å². The van der Waals surface area contributed by atoms with Crippen LogP contribution in [0.15, 0.2) is 48.5 Å². The van der Waals surface area contributed by atoms with E-state index in [9.17, 15) is 0 Å². The number of pyridine rings is 2. The molecule has 0 N–H and O–H groups in total. The number of benzene rings is 2. The van der Waals surface area contributed by atoms with E-state index >= 15 is 0 Å². The van der Waals surface area contributed by atoms with Gasteiger partial charge in [-0.25, -0.2) is 0 Å². The van der Waals surface area contributed by atoms with Crippen LogP contribution >= 0.6 is 22.7 Å². The van der Waals surface area contributed by atoms with Crippen molar-refractivity contribution in [2.45, 2.75) is 155 Å². The largest absolute Gasteiger partial charge is 0.308 e. The molecule has 0 saturated carbocycles. The zero-order valence-electron chi connectivity index (χ0n) is 33.3. The van der Waals surface area contributed by atoms with Crippen LogP contribution in [0.5, 0.6) is 0 Å². The Bertz CT molecular complexity index is 2410. The zero-order valence-corrected chi connectivity index (χ0v) is 34.9. The molecule has 0 bridgehead atoms. The second-order valence-electron chi connectivity index (χ2n) is 16.5. The molecular formula is C50H62N2S2. The van der Waals surface area contributed by atoms with Gasteiger partial charge in [0.2, 0.25) is 0 Å². The molecule has 54 heavy (non-hydrogen) atoms. The van der Waals surface area contributed by atoms with Gasteiger partial charge < -0.3 is 8.80 Å². The van der Waals surface area contributed by atoms with Gasteiger partial charge in [0.05, 0.1) is 31.5 Å². The van der Waals surface area contributed by atoms with Crippen LogP contribution < -0.4 is 10.7 Å². The Hall–Kier alpha value is -3.34. The summed E-state index contributed by atoms with van der Waals surface area (Å²) in [5.41, 5.74) is 5.22. The number of unbranched alkanes of at least 4 members (excludes halogenated alkanes) is 18. The summed E-state index contributed by atoms with van der Waals surface area (Å²) in [6.07, 6.45) is 30.1. The van der Waals surface area contributed by atoms with E-state index < -0.39 is 0 Å². The first kappa shape index (κ1) is 37.6. The molecule has 4 heteroatoms. The predicted octanol–water partition coefficient (Wildman–Crippen LogP) is 15.3. The topological polar surface area (TPSA) is 8.82 Å². The Morgan fingerprint density at radius 3 is 1.11 bits per heavy atom. The minimum atomic E-state index is 1.10. The second-order valence-corrected chi connectivity index (χ2v) is 18.8. The Morgan fingerprint density at radius 2 is 0.741 bits per heavy atom. The summed E-state index contributed by atoms with van der Waals surface area (Å²) >= 11 is 3.98. The average molecular weight is 755 g/mol. The first-order valence-corrected chi connectivity index (χ1v) is 23.5. The van der Waals surface area contributed by atoms with Crippen molar-refractivity contribution in [2.75, 3.05) is 0 Å². The van der Waals surface area contributed by atoms with Crippen molar-refractivity contribution in [3.63, 3.8) is 0 Å². The third-order valence-corrected chi connectivity index (χ3v) is 14.8. The van der Waals surface area contributed by atoms with E-state index in [0.29, 0.717) is 0 Å². The van der Waals surface area contributed by atoms with Crippen molar-refractivity contribution >= 4 is 99.6 Å². The Kier molecular flexibility index (Phi) is 12.0. The molecule has 0 fully saturated rings. The van der Waals surface area contributed by atoms with E-state index in [1.165, 1.54) is 215 Å². The molecule has 0 aliphatic carbocycles. The van der Waals surface area contributed by atoms with Gasteiger partial charge in [-0.05, 0) is 49.9 Å². The smallest absolute Gasteiger partial charge is 0.0645 e. The molecule has 0 spiro atoms. The number of thiophene rings is 2. The highest BCUT2D eigenvalue weighted by Gasteiger charge is 2.20. The molecular weight excluding hydrogens is 693 g/mol. The first-order chi connectivity index (χ1) is 26.6. The number of hydrogen-bond acceptors (Lipinski definition) is 2. The molecule has 2 nitrogen and oxygen atoms in total. The van der Waals surface area contributed by atoms with E-state index in [-0.39, 0.29) is 0 Å². The van der Waals surface area contributed by atoms with E-state index in [0.717, 1.165) is 10.7 Å².